The average molecular weight is 316 g/mol. The lowest BCUT2D eigenvalue weighted by Crippen LogP contribution is -2.16. The minimum absolute atomic E-state index is 0.0989. The van der Waals surface area contributed by atoms with Crippen molar-refractivity contribution in [1.29, 1.82) is 0 Å². The van der Waals surface area contributed by atoms with Gasteiger partial charge in [0, 0.05) is 24.7 Å². The van der Waals surface area contributed by atoms with Crippen molar-refractivity contribution in [1.82, 2.24) is 9.78 Å². The maximum absolute atomic E-state index is 12.4. The molecule has 1 aromatic heterocycles. The van der Waals surface area contributed by atoms with Gasteiger partial charge in [-0.15, -0.1) is 0 Å². The Balaban J connectivity index is 2.08. The van der Waals surface area contributed by atoms with Crippen LogP contribution >= 0.6 is 0 Å². The van der Waals surface area contributed by atoms with E-state index in [-0.39, 0.29) is 11.3 Å². The normalized spacial score (nSPS) is 11.3. The van der Waals surface area contributed by atoms with E-state index in [4.69, 9.17) is 10.5 Å². The molecular formula is C17H24N4O2. The SMILES string of the molecule is Cn1nc(C(C)(C)C)cc1C(=O)Nc1ccc(OCCN)cc1. The summed E-state index contributed by atoms with van der Waals surface area (Å²) in [5.74, 6) is 0.537. The highest BCUT2D eigenvalue weighted by molar-refractivity contribution is 6.03. The fourth-order valence-corrected chi connectivity index (χ4v) is 2.05. The summed E-state index contributed by atoms with van der Waals surface area (Å²) in [6, 6.07) is 9.02. The molecule has 1 heterocycles. The zero-order valence-electron chi connectivity index (χ0n) is 14.1. The van der Waals surface area contributed by atoms with E-state index >= 15 is 0 Å². The Hall–Kier alpha value is -2.34. The molecule has 0 saturated carbocycles. The second-order valence-electron chi connectivity index (χ2n) is 6.40. The second-order valence-corrected chi connectivity index (χ2v) is 6.40. The van der Waals surface area contributed by atoms with Crippen LogP contribution in [0.1, 0.15) is 37.0 Å². The Morgan fingerprint density at radius 1 is 1.30 bits per heavy atom. The van der Waals surface area contributed by atoms with Gasteiger partial charge in [0.1, 0.15) is 18.1 Å². The molecule has 3 N–H and O–H groups in total. The predicted octanol–water partition coefficient (Wildman–Crippen LogP) is 2.31. The highest BCUT2D eigenvalue weighted by atomic mass is 16.5. The number of aryl methyl sites for hydroxylation is 1. The number of rotatable bonds is 5. The molecule has 0 atom stereocenters. The molecule has 6 nitrogen and oxygen atoms in total. The third kappa shape index (κ3) is 4.32. The maximum atomic E-state index is 12.4. The van der Waals surface area contributed by atoms with Crippen molar-refractivity contribution in [2.75, 3.05) is 18.5 Å². The lowest BCUT2D eigenvalue weighted by Gasteiger charge is -2.13. The minimum Gasteiger partial charge on any atom is -0.492 e. The van der Waals surface area contributed by atoms with Crippen molar-refractivity contribution in [2.45, 2.75) is 26.2 Å². The number of anilines is 1. The Bertz CT molecular complexity index is 669. The van der Waals surface area contributed by atoms with E-state index in [1.54, 1.807) is 36.0 Å². The van der Waals surface area contributed by atoms with Crippen molar-refractivity contribution >= 4 is 11.6 Å². The lowest BCUT2D eigenvalue weighted by molar-refractivity contribution is 0.101. The Kier molecular flexibility index (Phi) is 5.05. The molecule has 0 aliphatic carbocycles. The van der Waals surface area contributed by atoms with Crippen LogP contribution in [-0.2, 0) is 12.5 Å². The predicted molar refractivity (Wildman–Crippen MR) is 90.9 cm³/mol. The highest BCUT2D eigenvalue weighted by Gasteiger charge is 2.21. The molecule has 0 bridgehead atoms. The van der Waals surface area contributed by atoms with Crippen molar-refractivity contribution < 1.29 is 9.53 Å². The number of hydrogen-bond acceptors (Lipinski definition) is 4. The zero-order chi connectivity index (χ0) is 17.0. The van der Waals surface area contributed by atoms with E-state index < -0.39 is 0 Å². The largest absolute Gasteiger partial charge is 0.492 e. The highest BCUT2D eigenvalue weighted by Crippen LogP contribution is 2.22. The monoisotopic (exact) mass is 316 g/mol. The molecule has 0 aliphatic rings. The molecule has 1 amide bonds. The summed E-state index contributed by atoms with van der Waals surface area (Å²) in [5.41, 5.74) is 7.41. The van der Waals surface area contributed by atoms with E-state index in [1.165, 1.54) is 0 Å². The molecule has 1 aromatic carbocycles. The van der Waals surface area contributed by atoms with Gasteiger partial charge in [-0.3, -0.25) is 9.48 Å². The Morgan fingerprint density at radius 3 is 2.48 bits per heavy atom. The lowest BCUT2D eigenvalue weighted by atomic mass is 9.92. The quantitative estimate of drug-likeness (QED) is 0.887. The van der Waals surface area contributed by atoms with Gasteiger partial charge in [-0.05, 0) is 30.3 Å². The number of nitrogens with zero attached hydrogens (tertiary/aromatic N) is 2. The first-order valence-electron chi connectivity index (χ1n) is 7.60. The van der Waals surface area contributed by atoms with E-state index in [9.17, 15) is 4.79 Å². The summed E-state index contributed by atoms with van der Waals surface area (Å²) in [6.45, 7) is 7.14. The number of carbonyl (C=O) groups is 1. The second kappa shape index (κ2) is 6.83. The molecule has 0 aliphatic heterocycles. The van der Waals surface area contributed by atoms with Crippen LogP contribution in [0.3, 0.4) is 0 Å². The fourth-order valence-electron chi connectivity index (χ4n) is 2.05. The zero-order valence-corrected chi connectivity index (χ0v) is 14.1. The summed E-state index contributed by atoms with van der Waals surface area (Å²) in [7, 11) is 1.77. The van der Waals surface area contributed by atoms with Gasteiger partial charge in [0.05, 0.1) is 5.69 Å². The number of aromatic nitrogens is 2. The molecule has 2 rings (SSSR count). The first-order chi connectivity index (χ1) is 10.8. The van der Waals surface area contributed by atoms with Crippen molar-refractivity contribution in [3.05, 3.63) is 41.7 Å². The summed E-state index contributed by atoms with van der Waals surface area (Å²) >= 11 is 0. The molecule has 0 unspecified atom stereocenters. The van der Waals surface area contributed by atoms with Crippen LogP contribution < -0.4 is 15.8 Å². The molecular weight excluding hydrogens is 292 g/mol. The smallest absolute Gasteiger partial charge is 0.273 e. The summed E-state index contributed by atoms with van der Waals surface area (Å²) < 4.78 is 7.01. The Labute approximate surface area is 136 Å². The van der Waals surface area contributed by atoms with Crippen LogP contribution in [0.15, 0.2) is 30.3 Å². The third-order valence-electron chi connectivity index (χ3n) is 3.38. The molecule has 0 radical (unpaired) electrons. The number of nitrogens with one attached hydrogen (secondary N) is 1. The fraction of sp³-hybridized carbons (Fsp3) is 0.412. The van der Waals surface area contributed by atoms with E-state index in [0.717, 1.165) is 11.4 Å². The topological polar surface area (TPSA) is 82.2 Å². The number of nitrogens with two attached hydrogens (primary N) is 1. The number of hydrogen-bond donors (Lipinski definition) is 2. The van der Waals surface area contributed by atoms with Gasteiger partial charge in [0.25, 0.3) is 5.91 Å². The number of benzene rings is 1. The van der Waals surface area contributed by atoms with Crippen LogP contribution in [0.2, 0.25) is 0 Å². The van der Waals surface area contributed by atoms with Crippen LogP contribution in [0.5, 0.6) is 5.75 Å². The molecule has 0 spiro atoms. The number of ether oxygens (including phenoxy) is 1. The Morgan fingerprint density at radius 2 is 1.96 bits per heavy atom. The first-order valence-corrected chi connectivity index (χ1v) is 7.60. The van der Waals surface area contributed by atoms with Crippen molar-refractivity contribution in [3.63, 3.8) is 0 Å². The molecule has 23 heavy (non-hydrogen) atoms. The van der Waals surface area contributed by atoms with Gasteiger partial charge < -0.3 is 15.8 Å². The van der Waals surface area contributed by atoms with Crippen molar-refractivity contribution in [3.8, 4) is 5.75 Å². The third-order valence-corrected chi connectivity index (χ3v) is 3.38. The average Bonchev–Trinajstić information content (AvgIpc) is 2.89. The van der Waals surface area contributed by atoms with E-state index in [0.29, 0.717) is 24.5 Å². The summed E-state index contributed by atoms with van der Waals surface area (Å²) in [4.78, 5) is 12.4. The summed E-state index contributed by atoms with van der Waals surface area (Å²) in [5, 5.41) is 7.28. The van der Waals surface area contributed by atoms with Crippen LogP contribution in [0.25, 0.3) is 0 Å². The molecule has 0 saturated heterocycles. The van der Waals surface area contributed by atoms with E-state index in [1.807, 2.05) is 6.07 Å². The molecule has 0 fully saturated rings. The van der Waals surface area contributed by atoms with Gasteiger partial charge in [-0.25, -0.2) is 0 Å². The van der Waals surface area contributed by atoms with Crippen molar-refractivity contribution in [2.24, 2.45) is 12.8 Å². The molecule has 124 valence electrons. The van der Waals surface area contributed by atoms with Gasteiger partial charge in [0.2, 0.25) is 0 Å². The number of amides is 1. The van der Waals surface area contributed by atoms with Gasteiger partial charge in [0.15, 0.2) is 0 Å². The van der Waals surface area contributed by atoms with Crippen LogP contribution in [0.4, 0.5) is 5.69 Å². The molecule has 6 heteroatoms. The van der Waals surface area contributed by atoms with Gasteiger partial charge >= 0.3 is 0 Å². The van der Waals surface area contributed by atoms with Crippen LogP contribution in [-0.4, -0.2) is 28.8 Å². The molecule has 2 aromatic rings. The summed E-state index contributed by atoms with van der Waals surface area (Å²) in [6.07, 6.45) is 0. The minimum atomic E-state index is -0.189. The maximum Gasteiger partial charge on any atom is 0.273 e. The van der Waals surface area contributed by atoms with Gasteiger partial charge in [-0.2, -0.15) is 5.10 Å². The van der Waals surface area contributed by atoms with Gasteiger partial charge in [-0.1, -0.05) is 20.8 Å². The van der Waals surface area contributed by atoms with Crippen LogP contribution in [0, 0.1) is 0 Å². The number of carbonyl (C=O) groups excluding carboxylic acids is 1. The first kappa shape index (κ1) is 17.0. The van der Waals surface area contributed by atoms with E-state index in [2.05, 4.69) is 31.2 Å². The standard InChI is InChI=1S/C17H24N4O2/c1-17(2,3)15-11-14(21(4)20-15)16(22)19-12-5-7-13(8-6-12)23-10-9-18/h5-8,11H,9-10,18H2,1-4H3,(H,19,22).